The quantitative estimate of drug-likeness (QED) is 0.189. The number of thiophene rings is 1. The first-order valence-corrected chi connectivity index (χ1v) is 14.0. The largest absolute Gasteiger partial charge is 0.393 e. The van der Waals surface area contributed by atoms with Crippen molar-refractivity contribution < 1.29 is 18.6 Å². The van der Waals surface area contributed by atoms with E-state index in [1.165, 1.54) is 36.7 Å². The Morgan fingerprint density at radius 1 is 1.24 bits per heavy atom. The van der Waals surface area contributed by atoms with Gasteiger partial charge in [0, 0.05) is 27.5 Å². The minimum atomic E-state index is -4.01. The number of aliphatic hydroxyl groups is 2. The van der Waals surface area contributed by atoms with Gasteiger partial charge in [-0.3, -0.25) is 10.1 Å². The molecule has 5 rings (SSSR count). The molecule has 0 aliphatic carbocycles. The van der Waals surface area contributed by atoms with Gasteiger partial charge in [-0.2, -0.15) is 9.82 Å². The van der Waals surface area contributed by atoms with Crippen molar-refractivity contribution in [3.63, 3.8) is 0 Å². The lowest BCUT2D eigenvalue weighted by Crippen LogP contribution is -2.29. The van der Waals surface area contributed by atoms with Crippen LogP contribution in [0.1, 0.15) is 29.1 Å². The van der Waals surface area contributed by atoms with E-state index >= 15 is 0 Å². The maximum absolute atomic E-state index is 13.2. The molecular formula is C25H23ClN6O4S2. The summed E-state index contributed by atoms with van der Waals surface area (Å²) in [5.41, 5.74) is 6.63. The van der Waals surface area contributed by atoms with Crippen LogP contribution in [-0.4, -0.2) is 45.4 Å². The molecule has 2 atom stereocenters. The number of halogens is 1. The summed E-state index contributed by atoms with van der Waals surface area (Å²) in [6, 6.07) is 13.0. The van der Waals surface area contributed by atoms with Crippen molar-refractivity contribution in [2.45, 2.75) is 23.5 Å². The average Bonchev–Trinajstić information content (AvgIpc) is 3.60. The minimum Gasteiger partial charge on any atom is -0.393 e. The summed E-state index contributed by atoms with van der Waals surface area (Å²) < 4.78 is 29.9. The molecule has 0 saturated carbocycles. The molecule has 4 heterocycles. The van der Waals surface area contributed by atoms with Crippen LogP contribution in [-0.2, 0) is 15.6 Å². The van der Waals surface area contributed by atoms with Crippen LogP contribution in [0.3, 0.4) is 0 Å². The zero-order chi connectivity index (χ0) is 27.1. The van der Waals surface area contributed by atoms with Crippen LogP contribution < -0.4 is 10.5 Å². The zero-order valence-electron chi connectivity index (χ0n) is 20.0. The van der Waals surface area contributed by atoms with E-state index in [9.17, 15) is 18.6 Å². The standard InChI is InChI=1S/C25H23ClN6O4S2/c1-25(34,13-33)15-7-8-28-19(10-15)17-4-2-3-14-9-20(37-24(14)17)23(22-18(26)5-6-21(27)31-22)32-38(35,36)16-11-29-30-12-16/h2-12,23,32-34H,13H2,1H3,(H2,27,31)(H,29,30)/t23-,25+/m0/s1. The summed E-state index contributed by atoms with van der Waals surface area (Å²) in [5, 5.41) is 27.5. The molecule has 196 valence electrons. The van der Waals surface area contributed by atoms with E-state index in [1.807, 2.05) is 24.3 Å². The molecule has 0 saturated heterocycles. The van der Waals surface area contributed by atoms with Crippen LogP contribution in [0.5, 0.6) is 0 Å². The van der Waals surface area contributed by atoms with Crippen LogP contribution >= 0.6 is 22.9 Å². The molecule has 6 N–H and O–H groups in total. The zero-order valence-corrected chi connectivity index (χ0v) is 22.3. The predicted molar refractivity (Wildman–Crippen MR) is 146 cm³/mol. The highest BCUT2D eigenvalue weighted by molar-refractivity contribution is 7.89. The summed E-state index contributed by atoms with van der Waals surface area (Å²) in [4.78, 5) is 9.42. The first-order valence-electron chi connectivity index (χ1n) is 11.3. The SMILES string of the molecule is C[C@@](O)(CO)c1ccnc(-c2cccc3cc([C@H](NS(=O)(=O)c4cn[nH]c4)c4nc(N)ccc4Cl)sc23)c1. The number of fused-ring (bicyclic) bond motifs is 1. The van der Waals surface area contributed by atoms with Crippen LogP contribution in [0.15, 0.2) is 72.0 Å². The van der Waals surface area contributed by atoms with Gasteiger partial charge in [-0.15, -0.1) is 11.3 Å². The molecule has 13 heteroatoms. The Kier molecular flexibility index (Phi) is 6.94. The molecule has 5 aromatic rings. The van der Waals surface area contributed by atoms with Crippen LogP contribution in [0.2, 0.25) is 5.02 Å². The lowest BCUT2D eigenvalue weighted by atomic mass is 9.96. The fourth-order valence-electron chi connectivity index (χ4n) is 3.97. The maximum Gasteiger partial charge on any atom is 0.244 e. The molecule has 0 radical (unpaired) electrons. The second-order valence-electron chi connectivity index (χ2n) is 8.83. The lowest BCUT2D eigenvalue weighted by Gasteiger charge is -2.21. The Balaban J connectivity index is 1.66. The van der Waals surface area contributed by atoms with E-state index in [2.05, 4.69) is 24.9 Å². The molecule has 10 nitrogen and oxygen atoms in total. The van der Waals surface area contributed by atoms with Crippen molar-refractivity contribution in [3.8, 4) is 11.3 Å². The number of hydrogen-bond acceptors (Lipinski definition) is 9. The number of benzene rings is 1. The van der Waals surface area contributed by atoms with Gasteiger partial charge >= 0.3 is 0 Å². The van der Waals surface area contributed by atoms with Crippen molar-refractivity contribution in [3.05, 3.63) is 88.3 Å². The Hall–Kier alpha value is -3.39. The molecule has 1 aromatic carbocycles. The summed E-state index contributed by atoms with van der Waals surface area (Å²) in [7, 11) is -4.01. The number of nitrogens with two attached hydrogens (primary N) is 1. The number of sulfonamides is 1. The number of nitrogen functional groups attached to an aromatic ring is 1. The highest BCUT2D eigenvalue weighted by Crippen LogP contribution is 2.40. The topological polar surface area (TPSA) is 167 Å². The first-order chi connectivity index (χ1) is 18.1. The van der Waals surface area contributed by atoms with Crippen LogP contribution in [0.4, 0.5) is 5.82 Å². The molecule has 38 heavy (non-hydrogen) atoms. The van der Waals surface area contributed by atoms with E-state index in [0.29, 0.717) is 16.1 Å². The number of hydrogen-bond donors (Lipinski definition) is 5. The molecule has 0 unspecified atom stereocenters. The highest BCUT2D eigenvalue weighted by atomic mass is 35.5. The molecular weight excluding hydrogens is 548 g/mol. The predicted octanol–water partition coefficient (Wildman–Crippen LogP) is 3.58. The monoisotopic (exact) mass is 570 g/mol. The smallest absolute Gasteiger partial charge is 0.244 e. The van der Waals surface area contributed by atoms with Crippen LogP contribution in [0, 0.1) is 0 Å². The van der Waals surface area contributed by atoms with Gasteiger partial charge in [-0.1, -0.05) is 29.8 Å². The molecule has 0 spiro atoms. The number of aliphatic hydroxyl groups excluding tert-OH is 1. The Labute approximate surface area is 227 Å². The van der Waals surface area contributed by atoms with Gasteiger partial charge in [0.2, 0.25) is 10.0 Å². The van der Waals surface area contributed by atoms with E-state index < -0.39 is 28.3 Å². The first kappa shape index (κ1) is 26.2. The van der Waals surface area contributed by atoms with Crippen LogP contribution in [0.25, 0.3) is 21.3 Å². The fraction of sp³-hybridized carbons (Fsp3) is 0.160. The van der Waals surface area contributed by atoms with Gasteiger partial charge in [0.05, 0.1) is 35.3 Å². The average molecular weight is 571 g/mol. The van der Waals surface area contributed by atoms with E-state index in [0.717, 1.165) is 15.6 Å². The van der Waals surface area contributed by atoms with Gasteiger partial charge in [0.25, 0.3) is 0 Å². The second kappa shape index (κ2) is 10.1. The van der Waals surface area contributed by atoms with E-state index in [4.69, 9.17) is 17.3 Å². The molecule has 0 aliphatic rings. The van der Waals surface area contributed by atoms with Crippen molar-refractivity contribution >= 4 is 48.9 Å². The van der Waals surface area contributed by atoms with Gasteiger partial charge in [0.1, 0.15) is 16.3 Å². The maximum atomic E-state index is 13.2. The number of aromatic nitrogens is 4. The van der Waals surface area contributed by atoms with Crippen molar-refractivity contribution in [1.82, 2.24) is 24.9 Å². The third-order valence-electron chi connectivity index (χ3n) is 6.04. The second-order valence-corrected chi connectivity index (χ2v) is 12.0. The molecule has 4 aromatic heterocycles. The fourth-order valence-corrected chi connectivity index (χ4v) is 6.58. The normalized spacial score (nSPS) is 14.4. The number of rotatable bonds is 8. The van der Waals surface area contributed by atoms with Gasteiger partial charge in [-0.05, 0) is 48.2 Å². The number of nitrogens with zero attached hydrogens (tertiary/aromatic N) is 3. The molecule has 0 aliphatic heterocycles. The number of pyridine rings is 2. The molecule has 0 amide bonds. The summed E-state index contributed by atoms with van der Waals surface area (Å²) >= 11 is 7.83. The molecule has 0 fully saturated rings. The number of anilines is 1. The lowest BCUT2D eigenvalue weighted by molar-refractivity contribution is -0.00230. The highest BCUT2D eigenvalue weighted by Gasteiger charge is 2.29. The molecule has 0 bridgehead atoms. The number of aromatic amines is 1. The van der Waals surface area contributed by atoms with Crippen molar-refractivity contribution in [1.29, 1.82) is 0 Å². The number of H-pyrrole nitrogens is 1. The van der Waals surface area contributed by atoms with E-state index in [-0.39, 0.29) is 21.4 Å². The summed E-state index contributed by atoms with van der Waals surface area (Å²) in [6.45, 7) is 1.07. The van der Waals surface area contributed by atoms with Gasteiger partial charge in [0.15, 0.2) is 0 Å². The van der Waals surface area contributed by atoms with Gasteiger partial charge in [-0.25, -0.2) is 13.4 Å². The summed E-state index contributed by atoms with van der Waals surface area (Å²) in [5.74, 6) is 0.190. The number of nitrogens with one attached hydrogen (secondary N) is 2. The third kappa shape index (κ3) is 5.01. The minimum absolute atomic E-state index is 0.0405. The Bertz CT molecular complexity index is 1720. The Morgan fingerprint density at radius 3 is 2.79 bits per heavy atom. The Morgan fingerprint density at radius 2 is 2.05 bits per heavy atom. The van der Waals surface area contributed by atoms with Crippen molar-refractivity contribution in [2.24, 2.45) is 0 Å². The van der Waals surface area contributed by atoms with Crippen molar-refractivity contribution in [2.75, 3.05) is 12.3 Å². The summed E-state index contributed by atoms with van der Waals surface area (Å²) in [6.07, 6.45) is 4.05. The van der Waals surface area contributed by atoms with Gasteiger partial charge < -0.3 is 15.9 Å². The van der Waals surface area contributed by atoms with E-state index in [1.54, 1.807) is 24.4 Å². The third-order valence-corrected chi connectivity index (χ3v) is 9.00.